The van der Waals surface area contributed by atoms with Crippen LogP contribution >= 0.6 is 0 Å². The molecule has 0 bridgehead atoms. The van der Waals surface area contributed by atoms with Gasteiger partial charge in [0, 0.05) is 28.2 Å². The second-order valence-corrected chi connectivity index (χ2v) is 10.4. The predicted molar refractivity (Wildman–Crippen MR) is 147 cm³/mol. The molecule has 0 fully saturated rings. The fourth-order valence-corrected chi connectivity index (χ4v) is 5.61. The Bertz CT molecular complexity index is 1440. The molecule has 2 aliphatic heterocycles. The minimum atomic E-state index is 0.00459. The van der Waals surface area contributed by atoms with Crippen LogP contribution in [0.15, 0.2) is 109 Å². The molecule has 0 saturated carbocycles. The number of benzene rings is 3. The molecule has 35 heavy (non-hydrogen) atoms. The van der Waals surface area contributed by atoms with Crippen molar-refractivity contribution in [2.45, 2.75) is 26.2 Å². The average molecular weight is 454 g/mol. The quantitative estimate of drug-likeness (QED) is 0.263. The summed E-state index contributed by atoms with van der Waals surface area (Å²) in [5, 5.41) is 0. The lowest BCUT2D eigenvalue weighted by atomic mass is 9.61. The van der Waals surface area contributed by atoms with Crippen LogP contribution in [0.5, 0.6) is 0 Å². The molecule has 0 radical (unpaired) electrons. The van der Waals surface area contributed by atoms with Crippen LogP contribution < -0.4 is 15.3 Å². The highest BCUT2D eigenvalue weighted by Crippen LogP contribution is 2.47. The summed E-state index contributed by atoms with van der Waals surface area (Å²) in [6, 6.07) is 35.0. The zero-order chi connectivity index (χ0) is 23.7. The van der Waals surface area contributed by atoms with Crippen molar-refractivity contribution in [3.8, 4) is 0 Å². The molecule has 4 heterocycles. The number of hydrogen-bond acceptors (Lipinski definition) is 2. The van der Waals surface area contributed by atoms with Gasteiger partial charge in [0.2, 0.25) is 0 Å². The maximum absolute atomic E-state index is 2.42. The van der Waals surface area contributed by atoms with E-state index in [2.05, 4.69) is 149 Å². The van der Waals surface area contributed by atoms with Crippen molar-refractivity contribution in [2.75, 3.05) is 9.80 Å². The molecular weight excluding hydrogens is 427 g/mol. The summed E-state index contributed by atoms with van der Waals surface area (Å²) in [7, 11) is 0. The summed E-state index contributed by atoms with van der Waals surface area (Å²) >= 11 is 0. The highest BCUT2D eigenvalue weighted by Gasteiger charge is 2.44. The van der Waals surface area contributed by atoms with E-state index in [4.69, 9.17) is 0 Å². The first kappa shape index (κ1) is 20.3. The summed E-state index contributed by atoms with van der Waals surface area (Å²) in [4.78, 5) is 4.84. The molecule has 0 saturated heterocycles. The van der Waals surface area contributed by atoms with Crippen LogP contribution in [-0.4, -0.2) is 15.9 Å². The van der Waals surface area contributed by atoms with Gasteiger partial charge >= 0.3 is 6.98 Å². The van der Waals surface area contributed by atoms with E-state index in [0.29, 0.717) is 0 Å². The summed E-state index contributed by atoms with van der Waals surface area (Å²) < 4.78 is 4.81. The molecule has 0 spiro atoms. The van der Waals surface area contributed by atoms with Crippen LogP contribution in [0.4, 0.5) is 34.4 Å². The Kier molecular flexibility index (Phi) is 4.17. The third kappa shape index (κ3) is 2.88. The molecule has 7 rings (SSSR count). The van der Waals surface area contributed by atoms with Gasteiger partial charge in [-0.05, 0) is 84.0 Å². The molecule has 0 amide bonds. The van der Waals surface area contributed by atoms with E-state index in [1.54, 1.807) is 0 Å². The summed E-state index contributed by atoms with van der Waals surface area (Å²) in [6.07, 6.45) is 4.42. The highest BCUT2D eigenvalue weighted by molar-refractivity contribution is 6.76. The first-order valence-corrected chi connectivity index (χ1v) is 12.2. The Morgan fingerprint density at radius 2 is 1.03 bits per heavy atom. The average Bonchev–Trinajstić information content (AvgIpc) is 3.54. The Labute approximate surface area is 206 Å². The maximum atomic E-state index is 2.42. The van der Waals surface area contributed by atoms with E-state index < -0.39 is 0 Å². The molecule has 0 atom stereocenters. The van der Waals surface area contributed by atoms with Crippen molar-refractivity contribution in [2.24, 2.45) is 0 Å². The number of para-hydroxylation sites is 2. The number of fused-ring (bicyclic) bond motifs is 4. The molecule has 2 aliphatic rings. The van der Waals surface area contributed by atoms with Crippen molar-refractivity contribution < 1.29 is 0 Å². The van der Waals surface area contributed by atoms with Gasteiger partial charge in [-0.25, -0.2) is 0 Å². The Morgan fingerprint density at radius 1 is 0.571 bits per heavy atom. The van der Waals surface area contributed by atoms with E-state index in [1.807, 2.05) is 0 Å². The first-order valence-electron chi connectivity index (χ1n) is 12.2. The molecule has 3 aromatic carbocycles. The SMILES string of the molecule is CC(C)(C)c1cc2c3c(c1)N(c1ccccc1)c1cccn1B3n1cccc1N2c1ccccc1. The van der Waals surface area contributed by atoms with Gasteiger partial charge in [-0.3, -0.25) is 9.80 Å². The molecule has 170 valence electrons. The molecule has 5 heteroatoms. The lowest BCUT2D eigenvalue weighted by Crippen LogP contribution is -2.55. The van der Waals surface area contributed by atoms with Crippen LogP contribution in [0.1, 0.15) is 26.3 Å². The minimum absolute atomic E-state index is 0.00459. The summed E-state index contributed by atoms with van der Waals surface area (Å²) in [5.41, 5.74) is 7.48. The largest absolute Gasteiger partial charge is 0.426 e. The van der Waals surface area contributed by atoms with Gasteiger partial charge in [0.1, 0.15) is 11.6 Å². The Hall–Kier alpha value is -4.12. The third-order valence-corrected chi connectivity index (χ3v) is 7.27. The molecule has 4 nitrogen and oxygen atoms in total. The second kappa shape index (κ2) is 7.19. The lowest BCUT2D eigenvalue weighted by molar-refractivity contribution is 0.590. The van der Waals surface area contributed by atoms with E-state index in [9.17, 15) is 0 Å². The normalized spacial score (nSPS) is 14.0. The van der Waals surface area contributed by atoms with Crippen molar-refractivity contribution in [1.82, 2.24) is 8.96 Å². The van der Waals surface area contributed by atoms with Crippen LogP contribution in [0.25, 0.3) is 0 Å². The maximum Gasteiger partial charge on any atom is 0.426 e. The van der Waals surface area contributed by atoms with Crippen LogP contribution in [0.3, 0.4) is 0 Å². The minimum Gasteiger partial charge on any atom is -0.353 e. The fraction of sp³-hybridized carbons (Fsp3) is 0.133. The van der Waals surface area contributed by atoms with Crippen LogP contribution in [0, 0.1) is 0 Å². The summed E-state index contributed by atoms with van der Waals surface area (Å²) in [6.45, 7) is 6.96. The van der Waals surface area contributed by atoms with Crippen molar-refractivity contribution in [3.63, 3.8) is 0 Å². The van der Waals surface area contributed by atoms with Crippen molar-refractivity contribution in [3.05, 3.63) is 115 Å². The number of nitrogens with zero attached hydrogens (tertiary/aromatic N) is 4. The zero-order valence-electron chi connectivity index (χ0n) is 20.3. The van der Waals surface area contributed by atoms with Crippen molar-refractivity contribution >= 4 is 46.8 Å². The Morgan fingerprint density at radius 3 is 1.46 bits per heavy atom. The third-order valence-electron chi connectivity index (χ3n) is 7.27. The predicted octanol–water partition coefficient (Wildman–Crippen LogP) is 6.95. The molecule has 0 N–H and O–H groups in total. The number of hydrogen-bond donors (Lipinski definition) is 0. The second-order valence-electron chi connectivity index (χ2n) is 10.4. The van der Waals surface area contributed by atoms with Gasteiger partial charge in [-0.1, -0.05) is 57.2 Å². The van der Waals surface area contributed by atoms with Gasteiger partial charge in [-0.15, -0.1) is 0 Å². The van der Waals surface area contributed by atoms with Gasteiger partial charge in [0.15, 0.2) is 0 Å². The van der Waals surface area contributed by atoms with Gasteiger partial charge in [0.25, 0.3) is 0 Å². The molecule has 5 aromatic rings. The molecular formula is C30H27BN4. The highest BCUT2D eigenvalue weighted by atomic mass is 15.3. The molecule has 0 aliphatic carbocycles. The van der Waals surface area contributed by atoms with E-state index in [0.717, 1.165) is 0 Å². The number of aromatic nitrogens is 2. The topological polar surface area (TPSA) is 16.3 Å². The fourth-order valence-electron chi connectivity index (χ4n) is 5.61. The first-order chi connectivity index (χ1) is 17.0. The van der Waals surface area contributed by atoms with Gasteiger partial charge in [0.05, 0.1) is 0 Å². The number of rotatable bonds is 2. The van der Waals surface area contributed by atoms with Crippen molar-refractivity contribution in [1.29, 1.82) is 0 Å². The van der Waals surface area contributed by atoms with E-state index in [-0.39, 0.29) is 12.4 Å². The number of anilines is 6. The zero-order valence-corrected chi connectivity index (χ0v) is 20.3. The monoisotopic (exact) mass is 454 g/mol. The standard InChI is InChI=1S/C30H27BN4/c1-30(2,3)22-20-25-29-26(21-22)35(24-14-8-5-9-15-24)28-17-11-19-33(28)31(29)32-18-10-16-27(32)34(25)23-12-6-4-7-13-23/h4-21H,1-3H3. The van der Waals surface area contributed by atoms with Crippen LogP contribution in [-0.2, 0) is 5.41 Å². The van der Waals surface area contributed by atoms with E-state index in [1.165, 1.54) is 45.4 Å². The lowest BCUT2D eigenvalue weighted by Gasteiger charge is -2.44. The van der Waals surface area contributed by atoms with E-state index >= 15 is 0 Å². The van der Waals surface area contributed by atoms with Crippen LogP contribution in [0.2, 0.25) is 0 Å². The molecule has 0 unspecified atom stereocenters. The summed E-state index contributed by atoms with van der Waals surface area (Å²) in [5.74, 6) is 2.36. The smallest absolute Gasteiger partial charge is 0.353 e. The van der Waals surface area contributed by atoms with Gasteiger partial charge in [-0.2, -0.15) is 0 Å². The van der Waals surface area contributed by atoms with Gasteiger partial charge < -0.3 is 8.96 Å². The Balaban J connectivity index is 1.60. The molecule has 2 aromatic heterocycles.